The van der Waals surface area contributed by atoms with Crippen molar-refractivity contribution in [1.82, 2.24) is 0 Å². The van der Waals surface area contributed by atoms with Gasteiger partial charge in [-0.3, -0.25) is 14.9 Å². The van der Waals surface area contributed by atoms with Crippen LogP contribution in [0.3, 0.4) is 0 Å². The van der Waals surface area contributed by atoms with Gasteiger partial charge >= 0.3 is 5.97 Å². The molecule has 0 bridgehead atoms. The number of rotatable bonds is 7. The number of para-hydroxylation sites is 1. The molecule has 0 N–H and O–H groups in total. The molecule has 0 amide bonds. The highest BCUT2D eigenvalue weighted by Crippen LogP contribution is 2.28. The Kier molecular flexibility index (Phi) is 5.73. The molecule has 0 aliphatic carbocycles. The Balaban J connectivity index is 2.00. The van der Waals surface area contributed by atoms with Crippen LogP contribution in [0.15, 0.2) is 42.5 Å². The van der Waals surface area contributed by atoms with Gasteiger partial charge in [0, 0.05) is 6.07 Å². The first-order valence-electron chi connectivity index (χ1n) is 7.14. The molecule has 0 unspecified atom stereocenters. The summed E-state index contributed by atoms with van der Waals surface area (Å²) in [5.74, 6) is 0.594. The second-order valence-corrected chi connectivity index (χ2v) is 4.91. The molecule has 2 aromatic rings. The summed E-state index contributed by atoms with van der Waals surface area (Å²) in [4.78, 5) is 22.4. The van der Waals surface area contributed by atoms with Crippen LogP contribution in [0.1, 0.15) is 11.1 Å². The third kappa shape index (κ3) is 4.22. The van der Waals surface area contributed by atoms with Crippen LogP contribution in [-0.4, -0.2) is 25.1 Å². The molecule has 0 aromatic heterocycles. The van der Waals surface area contributed by atoms with E-state index in [2.05, 4.69) is 0 Å². The first-order chi connectivity index (χ1) is 11.5. The maximum atomic E-state index is 12.0. The third-order valence-electron chi connectivity index (χ3n) is 3.37. The fourth-order valence-electron chi connectivity index (χ4n) is 2.18. The lowest BCUT2D eigenvalue weighted by molar-refractivity contribution is -0.385. The standard InChI is InChI=1S/C17H17NO6/c1-22-15-8-7-12(9-16(15)23-2)10-17(19)24-11-13-5-3-4-6-14(13)18(20)21/h3-9H,10-11H2,1-2H3. The number of ether oxygens (including phenoxy) is 3. The highest BCUT2D eigenvalue weighted by molar-refractivity contribution is 5.73. The Morgan fingerprint density at radius 3 is 2.46 bits per heavy atom. The Bertz CT molecular complexity index is 744. The fraction of sp³-hybridized carbons (Fsp3) is 0.235. The van der Waals surface area contributed by atoms with Gasteiger partial charge in [0.1, 0.15) is 6.61 Å². The molecule has 0 spiro atoms. The number of hydrogen-bond acceptors (Lipinski definition) is 6. The van der Waals surface area contributed by atoms with Crippen LogP contribution in [0.25, 0.3) is 0 Å². The molecule has 7 nitrogen and oxygen atoms in total. The van der Waals surface area contributed by atoms with E-state index in [-0.39, 0.29) is 18.7 Å². The second kappa shape index (κ2) is 7.96. The van der Waals surface area contributed by atoms with Crippen molar-refractivity contribution in [2.45, 2.75) is 13.0 Å². The lowest BCUT2D eigenvalue weighted by Crippen LogP contribution is -2.09. The lowest BCUT2D eigenvalue weighted by Gasteiger charge is -2.10. The minimum atomic E-state index is -0.502. The maximum absolute atomic E-state index is 12.0. The first kappa shape index (κ1) is 17.3. The zero-order valence-corrected chi connectivity index (χ0v) is 13.4. The van der Waals surface area contributed by atoms with Crippen molar-refractivity contribution < 1.29 is 23.9 Å². The average Bonchev–Trinajstić information content (AvgIpc) is 2.60. The summed E-state index contributed by atoms with van der Waals surface area (Å²) in [6.07, 6.45) is 0.0288. The summed E-state index contributed by atoms with van der Waals surface area (Å²) in [5.41, 5.74) is 0.972. The molecule has 0 saturated heterocycles. The highest BCUT2D eigenvalue weighted by atomic mass is 16.6. The van der Waals surface area contributed by atoms with E-state index >= 15 is 0 Å². The molecule has 126 valence electrons. The number of nitrogens with zero attached hydrogens (tertiary/aromatic N) is 1. The van der Waals surface area contributed by atoms with Gasteiger partial charge in [-0.15, -0.1) is 0 Å². The number of nitro groups is 1. The van der Waals surface area contributed by atoms with Crippen molar-refractivity contribution in [3.05, 3.63) is 63.7 Å². The van der Waals surface area contributed by atoms with Crippen LogP contribution >= 0.6 is 0 Å². The fourth-order valence-corrected chi connectivity index (χ4v) is 2.18. The smallest absolute Gasteiger partial charge is 0.310 e. The van der Waals surface area contributed by atoms with Gasteiger partial charge in [-0.25, -0.2) is 0 Å². The molecule has 0 radical (unpaired) electrons. The number of carbonyl (C=O) groups excluding carboxylic acids is 1. The molecule has 0 saturated carbocycles. The van der Waals surface area contributed by atoms with Crippen molar-refractivity contribution >= 4 is 11.7 Å². The molecule has 0 aliphatic rings. The summed E-state index contributed by atoms with van der Waals surface area (Å²) < 4.78 is 15.4. The van der Waals surface area contributed by atoms with Gasteiger partial charge in [-0.05, 0) is 23.8 Å². The first-order valence-corrected chi connectivity index (χ1v) is 7.14. The van der Waals surface area contributed by atoms with Crippen molar-refractivity contribution in [2.24, 2.45) is 0 Å². The monoisotopic (exact) mass is 331 g/mol. The van der Waals surface area contributed by atoms with E-state index in [0.29, 0.717) is 22.6 Å². The van der Waals surface area contributed by atoms with E-state index in [4.69, 9.17) is 14.2 Å². The van der Waals surface area contributed by atoms with E-state index in [1.165, 1.54) is 20.3 Å². The number of esters is 1. The molecule has 0 heterocycles. The molecule has 2 aromatic carbocycles. The quantitative estimate of drug-likeness (QED) is 0.440. The Morgan fingerprint density at radius 1 is 1.08 bits per heavy atom. The summed E-state index contributed by atoms with van der Waals surface area (Å²) in [6, 6.07) is 11.3. The average molecular weight is 331 g/mol. The van der Waals surface area contributed by atoms with E-state index in [1.54, 1.807) is 36.4 Å². The largest absolute Gasteiger partial charge is 0.493 e. The summed E-state index contributed by atoms with van der Waals surface area (Å²) >= 11 is 0. The van der Waals surface area contributed by atoms with E-state index < -0.39 is 10.9 Å². The summed E-state index contributed by atoms with van der Waals surface area (Å²) in [7, 11) is 3.03. The predicted molar refractivity (Wildman–Crippen MR) is 86.1 cm³/mol. The van der Waals surface area contributed by atoms with Gasteiger partial charge in [-0.2, -0.15) is 0 Å². The molecule has 0 fully saturated rings. The van der Waals surface area contributed by atoms with E-state index in [0.717, 1.165) is 0 Å². The van der Waals surface area contributed by atoms with Gasteiger partial charge in [0.15, 0.2) is 11.5 Å². The Labute approximate surface area is 138 Å². The second-order valence-electron chi connectivity index (χ2n) is 4.91. The molecule has 24 heavy (non-hydrogen) atoms. The predicted octanol–water partition coefficient (Wildman–Crippen LogP) is 2.90. The van der Waals surface area contributed by atoms with Crippen molar-refractivity contribution in [3.63, 3.8) is 0 Å². The highest BCUT2D eigenvalue weighted by Gasteiger charge is 2.15. The van der Waals surface area contributed by atoms with Crippen LogP contribution in [0.2, 0.25) is 0 Å². The van der Waals surface area contributed by atoms with Crippen molar-refractivity contribution in [3.8, 4) is 11.5 Å². The number of carbonyl (C=O) groups is 1. The van der Waals surface area contributed by atoms with Crippen molar-refractivity contribution in [2.75, 3.05) is 14.2 Å². The van der Waals surface area contributed by atoms with E-state index in [1.807, 2.05) is 0 Å². The summed E-state index contributed by atoms with van der Waals surface area (Å²) in [6.45, 7) is -0.150. The Hall–Kier alpha value is -3.09. The number of nitro benzene ring substituents is 1. The summed E-state index contributed by atoms with van der Waals surface area (Å²) in [5, 5.41) is 10.9. The van der Waals surface area contributed by atoms with Crippen LogP contribution in [0, 0.1) is 10.1 Å². The van der Waals surface area contributed by atoms with Crippen LogP contribution in [-0.2, 0) is 22.6 Å². The van der Waals surface area contributed by atoms with Gasteiger partial charge < -0.3 is 14.2 Å². The van der Waals surface area contributed by atoms with Crippen LogP contribution in [0.4, 0.5) is 5.69 Å². The molecule has 7 heteroatoms. The van der Waals surface area contributed by atoms with Gasteiger partial charge in [0.05, 0.1) is 31.1 Å². The topological polar surface area (TPSA) is 87.9 Å². The minimum absolute atomic E-state index is 0.0288. The molecule has 0 atom stereocenters. The van der Waals surface area contributed by atoms with Gasteiger partial charge in [0.25, 0.3) is 5.69 Å². The van der Waals surface area contributed by atoms with Gasteiger partial charge in [0.2, 0.25) is 0 Å². The zero-order chi connectivity index (χ0) is 17.5. The molecule has 2 rings (SSSR count). The molecular weight excluding hydrogens is 314 g/mol. The van der Waals surface area contributed by atoms with E-state index in [9.17, 15) is 14.9 Å². The SMILES string of the molecule is COc1ccc(CC(=O)OCc2ccccc2[N+](=O)[O-])cc1OC. The number of methoxy groups -OCH3 is 2. The number of benzene rings is 2. The zero-order valence-electron chi connectivity index (χ0n) is 13.4. The van der Waals surface area contributed by atoms with Crippen LogP contribution in [0.5, 0.6) is 11.5 Å². The van der Waals surface area contributed by atoms with Gasteiger partial charge in [-0.1, -0.05) is 18.2 Å². The third-order valence-corrected chi connectivity index (χ3v) is 3.37. The van der Waals surface area contributed by atoms with Crippen molar-refractivity contribution in [1.29, 1.82) is 0 Å². The maximum Gasteiger partial charge on any atom is 0.310 e. The minimum Gasteiger partial charge on any atom is -0.493 e. The number of hydrogen-bond donors (Lipinski definition) is 0. The lowest BCUT2D eigenvalue weighted by atomic mass is 10.1. The molecular formula is C17H17NO6. The normalized spacial score (nSPS) is 10.1. The Morgan fingerprint density at radius 2 is 1.79 bits per heavy atom. The van der Waals surface area contributed by atoms with Crippen LogP contribution < -0.4 is 9.47 Å². The molecule has 0 aliphatic heterocycles.